The zero-order valence-corrected chi connectivity index (χ0v) is 10.6. The van der Waals surface area contributed by atoms with Crippen molar-refractivity contribution in [2.45, 2.75) is 46.5 Å². The highest BCUT2D eigenvalue weighted by molar-refractivity contribution is 5.75. The molecule has 0 heterocycles. The number of allylic oxidation sites excluding steroid dienone is 2. The second kappa shape index (κ2) is 3.00. The van der Waals surface area contributed by atoms with Crippen LogP contribution in [0.4, 0.5) is 0 Å². The highest BCUT2D eigenvalue weighted by Crippen LogP contribution is 2.70. The molecule has 1 heteroatoms. The fraction of sp³-hybridized carbons (Fsp3) is 0.800. The van der Waals surface area contributed by atoms with E-state index in [1.807, 2.05) is 0 Å². The van der Waals surface area contributed by atoms with Crippen LogP contribution in [0, 0.1) is 28.6 Å². The van der Waals surface area contributed by atoms with Gasteiger partial charge in [-0.15, -0.1) is 0 Å². The Bertz CT molecular complexity index is 366. The predicted molar refractivity (Wildman–Crippen MR) is 65.0 cm³/mol. The van der Waals surface area contributed by atoms with Gasteiger partial charge >= 0.3 is 0 Å². The van der Waals surface area contributed by atoms with Crippen molar-refractivity contribution in [1.82, 2.24) is 0 Å². The lowest BCUT2D eigenvalue weighted by Crippen LogP contribution is -2.30. The van der Waals surface area contributed by atoms with Crippen LogP contribution in [-0.4, -0.2) is 6.29 Å². The maximum atomic E-state index is 11.2. The summed E-state index contributed by atoms with van der Waals surface area (Å²) in [6.45, 7) is 7.22. The quantitative estimate of drug-likeness (QED) is 0.615. The van der Waals surface area contributed by atoms with Crippen molar-refractivity contribution in [3.63, 3.8) is 0 Å². The van der Waals surface area contributed by atoms with Crippen LogP contribution in [0.3, 0.4) is 0 Å². The van der Waals surface area contributed by atoms with Crippen LogP contribution in [0.2, 0.25) is 0 Å². The normalized spacial score (nSPS) is 48.7. The van der Waals surface area contributed by atoms with Crippen LogP contribution in [0.5, 0.6) is 0 Å². The average Bonchev–Trinajstić information content (AvgIpc) is 2.65. The van der Waals surface area contributed by atoms with Crippen molar-refractivity contribution in [2.24, 2.45) is 28.6 Å². The summed E-state index contributed by atoms with van der Waals surface area (Å²) < 4.78 is 0. The Morgan fingerprint density at radius 3 is 2.81 bits per heavy atom. The van der Waals surface area contributed by atoms with Gasteiger partial charge in [-0.2, -0.15) is 0 Å². The summed E-state index contributed by atoms with van der Waals surface area (Å²) in [7, 11) is 0. The number of fused-ring (bicyclic) bond motifs is 1. The van der Waals surface area contributed by atoms with Crippen LogP contribution >= 0.6 is 0 Å². The van der Waals surface area contributed by atoms with Gasteiger partial charge in [-0.1, -0.05) is 26.8 Å². The van der Waals surface area contributed by atoms with Crippen molar-refractivity contribution in [1.29, 1.82) is 0 Å². The molecule has 0 N–H and O–H groups in total. The molecular weight excluding hydrogens is 196 g/mol. The monoisotopic (exact) mass is 218 g/mol. The van der Waals surface area contributed by atoms with Gasteiger partial charge in [0.15, 0.2) is 0 Å². The summed E-state index contributed by atoms with van der Waals surface area (Å²) in [4.78, 5) is 11.2. The van der Waals surface area contributed by atoms with Gasteiger partial charge in [-0.05, 0) is 59.8 Å². The lowest BCUT2D eigenvalue weighted by Gasteiger charge is -2.36. The number of rotatable bonds is 1. The highest BCUT2D eigenvalue weighted by Gasteiger charge is 2.63. The van der Waals surface area contributed by atoms with Gasteiger partial charge in [0.2, 0.25) is 0 Å². The van der Waals surface area contributed by atoms with Gasteiger partial charge in [0.25, 0.3) is 0 Å². The van der Waals surface area contributed by atoms with Crippen LogP contribution in [0.25, 0.3) is 0 Å². The fourth-order valence-corrected chi connectivity index (χ4v) is 5.23. The number of hydrogen-bond acceptors (Lipinski definition) is 1. The van der Waals surface area contributed by atoms with Crippen molar-refractivity contribution in [3.8, 4) is 0 Å². The Labute approximate surface area is 98.3 Å². The first-order chi connectivity index (χ1) is 7.52. The number of carbonyl (C=O) groups is 1. The van der Waals surface area contributed by atoms with E-state index in [0.29, 0.717) is 16.7 Å². The molecule has 1 unspecified atom stereocenters. The maximum absolute atomic E-state index is 11.2. The highest BCUT2D eigenvalue weighted by atomic mass is 16.1. The molecule has 1 nitrogen and oxygen atoms in total. The first-order valence-corrected chi connectivity index (χ1v) is 6.67. The van der Waals surface area contributed by atoms with E-state index in [1.165, 1.54) is 19.3 Å². The van der Waals surface area contributed by atoms with Crippen molar-refractivity contribution >= 4 is 6.29 Å². The van der Waals surface area contributed by atoms with E-state index >= 15 is 0 Å². The third-order valence-electron chi connectivity index (χ3n) is 6.20. The third-order valence-corrected chi connectivity index (χ3v) is 6.20. The zero-order valence-electron chi connectivity index (χ0n) is 10.6. The molecule has 3 aliphatic carbocycles. The van der Waals surface area contributed by atoms with Gasteiger partial charge in [-0.3, -0.25) is 4.79 Å². The van der Waals surface area contributed by atoms with Crippen molar-refractivity contribution in [2.75, 3.05) is 0 Å². The topological polar surface area (TPSA) is 17.1 Å². The molecule has 0 radical (unpaired) electrons. The van der Waals surface area contributed by atoms with Crippen LogP contribution in [0.15, 0.2) is 11.6 Å². The standard InChI is InChI=1S/C15H22O/c1-10-4-5-13-14(2,3)12-8-15(10,13)7-6-11(12)9-16/h6,9-10,12-13H,4-5,7-8H2,1-3H3/t10-,12+,13?,15+/m0/s1. The van der Waals surface area contributed by atoms with Gasteiger partial charge in [0.1, 0.15) is 6.29 Å². The molecule has 0 aromatic rings. The SMILES string of the molecule is C[C@H]1CCC2C(C)(C)[C@@H]3C[C@@]21CC=C3C=O. The molecule has 1 spiro atoms. The molecule has 88 valence electrons. The lowest BCUT2D eigenvalue weighted by atomic mass is 9.68. The molecule has 2 saturated carbocycles. The Hall–Kier alpha value is -0.590. The Kier molecular flexibility index (Phi) is 1.98. The summed E-state index contributed by atoms with van der Waals surface area (Å²) in [5.41, 5.74) is 1.98. The fourth-order valence-electron chi connectivity index (χ4n) is 5.23. The molecule has 3 aliphatic rings. The van der Waals surface area contributed by atoms with E-state index in [0.717, 1.165) is 30.1 Å². The van der Waals surface area contributed by atoms with Crippen LogP contribution < -0.4 is 0 Å². The maximum Gasteiger partial charge on any atom is 0.146 e. The van der Waals surface area contributed by atoms with Crippen molar-refractivity contribution in [3.05, 3.63) is 11.6 Å². The van der Waals surface area contributed by atoms with E-state index in [2.05, 4.69) is 26.8 Å². The number of hydrogen-bond donors (Lipinski definition) is 0. The largest absolute Gasteiger partial charge is 0.298 e. The second-order valence-electron chi connectivity index (χ2n) is 6.87. The first kappa shape index (κ1) is 10.6. The summed E-state index contributed by atoms with van der Waals surface area (Å²) in [6, 6.07) is 0. The molecule has 0 aliphatic heterocycles. The number of aldehydes is 1. The van der Waals surface area contributed by atoms with E-state index in [9.17, 15) is 4.79 Å². The molecular formula is C15H22O. The van der Waals surface area contributed by atoms with Crippen LogP contribution in [0.1, 0.15) is 46.5 Å². The molecule has 4 atom stereocenters. The van der Waals surface area contributed by atoms with Gasteiger partial charge in [0.05, 0.1) is 0 Å². The minimum Gasteiger partial charge on any atom is -0.298 e. The smallest absolute Gasteiger partial charge is 0.146 e. The minimum absolute atomic E-state index is 0.341. The minimum atomic E-state index is 0.341. The molecule has 0 amide bonds. The zero-order chi connectivity index (χ0) is 11.6. The third kappa shape index (κ3) is 1.00. The summed E-state index contributed by atoms with van der Waals surface area (Å²) in [6.07, 6.45) is 8.58. The van der Waals surface area contributed by atoms with Gasteiger partial charge < -0.3 is 0 Å². The molecule has 2 fully saturated rings. The Morgan fingerprint density at radius 2 is 2.12 bits per heavy atom. The van der Waals surface area contributed by atoms with E-state index in [1.54, 1.807) is 0 Å². The van der Waals surface area contributed by atoms with E-state index in [-0.39, 0.29) is 0 Å². The van der Waals surface area contributed by atoms with Crippen LogP contribution in [-0.2, 0) is 4.79 Å². The number of carbonyl (C=O) groups excluding carboxylic acids is 1. The second-order valence-corrected chi connectivity index (χ2v) is 6.87. The molecule has 0 saturated heterocycles. The van der Waals surface area contributed by atoms with Crippen molar-refractivity contribution < 1.29 is 4.79 Å². The molecule has 0 aromatic heterocycles. The van der Waals surface area contributed by atoms with Gasteiger partial charge in [-0.25, -0.2) is 0 Å². The van der Waals surface area contributed by atoms with E-state index in [4.69, 9.17) is 0 Å². The van der Waals surface area contributed by atoms with E-state index < -0.39 is 0 Å². The molecule has 0 aromatic carbocycles. The summed E-state index contributed by atoms with van der Waals surface area (Å²) in [5.74, 6) is 2.23. The molecule has 16 heavy (non-hydrogen) atoms. The molecule has 2 bridgehead atoms. The predicted octanol–water partition coefficient (Wildman–Crippen LogP) is 3.59. The molecule has 3 rings (SSSR count). The first-order valence-electron chi connectivity index (χ1n) is 6.67. The average molecular weight is 218 g/mol. The lowest BCUT2D eigenvalue weighted by molar-refractivity contribution is -0.105. The summed E-state index contributed by atoms with van der Waals surface area (Å²) >= 11 is 0. The Morgan fingerprint density at radius 1 is 1.38 bits per heavy atom. The Balaban J connectivity index is 2.10. The summed E-state index contributed by atoms with van der Waals surface area (Å²) in [5, 5.41) is 0. The van der Waals surface area contributed by atoms with Gasteiger partial charge in [0, 0.05) is 0 Å².